The van der Waals surface area contributed by atoms with Gasteiger partial charge in [-0.2, -0.15) is 5.10 Å². The second kappa shape index (κ2) is 5.78. The van der Waals surface area contributed by atoms with Crippen LogP contribution >= 0.6 is 15.9 Å². The normalized spacial score (nSPS) is 18.6. The third kappa shape index (κ3) is 2.53. The van der Waals surface area contributed by atoms with Gasteiger partial charge in [0.15, 0.2) is 11.6 Å². The molecule has 128 valence electrons. The van der Waals surface area contributed by atoms with E-state index in [1.54, 1.807) is 0 Å². The predicted molar refractivity (Wildman–Crippen MR) is 96.8 cm³/mol. The van der Waals surface area contributed by atoms with Crippen LogP contribution in [-0.2, 0) is 17.7 Å². The van der Waals surface area contributed by atoms with Gasteiger partial charge < -0.3 is 9.30 Å². The Bertz CT molecular complexity index is 955. The molecule has 0 aliphatic carbocycles. The van der Waals surface area contributed by atoms with E-state index in [1.807, 2.05) is 17.9 Å². The second-order valence-electron chi connectivity index (χ2n) is 6.66. The van der Waals surface area contributed by atoms with Gasteiger partial charge in [-0.05, 0) is 38.0 Å². The van der Waals surface area contributed by atoms with Crippen molar-refractivity contribution in [1.82, 2.24) is 24.3 Å². The Morgan fingerprint density at radius 1 is 1.36 bits per heavy atom. The molecule has 1 aromatic carbocycles. The van der Waals surface area contributed by atoms with Crippen molar-refractivity contribution in [2.24, 2.45) is 0 Å². The van der Waals surface area contributed by atoms with Crippen LogP contribution in [0.5, 0.6) is 0 Å². The number of rotatable bonds is 2. The third-order valence-corrected chi connectivity index (χ3v) is 5.48. The van der Waals surface area contributed by atoms with Crippen LogP contribution in [0.25, 0.3) is 17.1 Å². The minimum Gasteiger partial charge on any atom is -0.378 e. The molecule has 3 aromatic rings. The van der Waals surface area contributed by atoms with Gasteiger partial charge in [0, 0.05) is 23.1 Å². The number of hydrogen-bond donors (Lipinski definition) is 0. The largest absolute Gasteiger partial charge is 0.378 e. The smallest absolute Gasteiger partial charge is 0.160 e. The summed E-state index contributed by atoms with van der Waals surface area (Å²) < 4.78 is 10.9. The number of aryl methyl sites for hydroxylation is 1. The van der Waals surface area contributed by atoms with Crippen LogP contribution < -0.4 is 0 Å². The fourth-order valence-electron chi connectivity index (χ4n) is 3.69. The fraction of sp³-hybridized carbons (Fsp3) is 0.389. The summed E-state index contributed by atoms with van der Waals surface area (Å²) in [4.78, 5) is 9.36. The number of imidazole rings is 1. The van der Waals surface area contributed by atoms with E-state index in [0.29, 0.717) is 6.54 Å². The van der Waals surface area contributed by atoms with Gasteiger partial charge in [-0.15, -0.1) is 0 Å². The summed E-state index contributed by atoms with van der Waals surface area (Å²) in [7, 11) is 0. The Kier molecular flexibility index (Phi) is 3.53. The first-order valence-corrected chi connectivity index (χ1v) is 9.37. The van der Waals surface area contributed by atoms with Gasteiger partial charge in [-0.3, -0.25) is 0 Å². The molecule has 1 unspecified atom stereocenters. The molecule has 1 fully saturated rings. The Morgan fingerprint density at radius 2 is 2.28 bits per heavy atom. The van der Waals surface area contributed by atoms with Crippen LogP contribution in [-0.4, -0.2) is 37.0 Å². The average Bonchev–Trinajstić information content (AvgIpc) is 3.30. The Labute approximate surface area is 154 Å². The van der Waals surface area contributed by atoms with Gasteiger partial charge in [0.1, 0.15) is 0 Å². The molecule has 0 saturated carbocycles. The molecule has 2 aliphatic rings. The van der Waals surface area contributed by atoms with Crippen molar-refractivity contribution < 1.29 is 4.74 Å². The summed E-state index contributed by atoms with van der Waals surface area (Å²) in [5.74, 6) is 1.77. The van der Waals surface area contributed by atoms with E-state index in [2.05, 4.69) is 43.7 Å². The minimum atomic E-state index is 0.251. The van der Waals surface area contributed by atoms with Crippen LogP contribution in [0.3, 0.4) is 0 Å². The van der Waals surface area contributed by atoms with E-state index in [-0.39, 0.29) is 6.10 Å². The van der Waals surface area contributed by atoms with Crippen molar-refractivity contribution >= 4 is 15.9 Å². The van der Waals surface area contributed by atoms with Crippen LogP contribution in [0.2, 0.25) is 0 Å². The molecule has 0 radical (unpaired) electrons. The van der Waals surface area contributed by atoms with E-state index in [4.69, 9.17) is 14.8 Å². The van der Waals surface area contributed by atoms with Crippen LogP contribution in [0, 0.1) is 6.92 Å². The second-order valence-corrected chi connectivity index (χ2v) is 7.57. The van der Waals surface area contributed by atoms with Crippen LogP contribution in [0.15, 0.2) is 29.0 Å². The Balaban J connectivity index is 1.65. The van der Waals surface area contributed by atoms with E-state index in [0.717, 1.165) is 64.6 Å². The highest BCUT2D eigenvalue weighted by molar-refractivity contribution is 9.10. The van der Waals surface area contributed by atoms with Crippen molar-refractivity contribution in [2.75, 3.05) is 6.61 Å². The van der Waals surface area contributed by atoms with Crippen molar-refractivity contribution in [3.05, 3.63) is 46.2 Å². The maximum atomic E-state index is 5.75. The highest BCUT2D eigenvalue weighted by Gasteiger charge is 2.25. The molecule has 6 nitrogen and oxygen atoms in total. The molecule has 0 N–H and O–H groups in total. The lowest BCUT2D eigenvalue weighted by Gasteiger charge is -2.09. The average molecular weight is 400 g/mol. The first-order valence-electron chi connectivity index (χ1n) is 8.57. The summed E-state index contributed by atoms with van der Waals surface area (Å²) in [6, 6.07) is 6.27. The number of halogens is 1. The maximum absolute atomic E-state index is 5.75. The molecular weight excluding hydrogens is 382 g/mol. The molecule has 0 amide bonds. The molecule has 7 heteroatoms. The van der Waals surface area contributed by atoms with Crippen LogP contribution in [0.4, 0.5) is 0 Å². The molecule has 4 heterocycles. The lowest BCUT2D eigenvalue weighted by Crippen LogP contribution is -2.11. The van der Waals surface area contributed by atoms with Crippen molar-refractivity contribution in [3.8, 4) is 17.1 Å². The van der Waals surface area contributed by atoms with Gasteiger partial charge in [0.2, 0.25) is 0 Å². The zero-order chi connectivity index (χ0) is 17.0. The molecule has 1 saturated heterocycles. The fourth-order valence-corrected chi connectivity index (χ4v) is 4.06. The Morgan fingerprint density at radius 3 is 3.12 bits per heavy atom. The molecule has 1 atom stereocenters. The van der Waals surface area contributed by atoms with Crippen LogP contribution in [0.1, 0.15) is 30.1 Å². The monoisotopic (exact) mass is 399 g/mol. The number of benzene rings is 1. The van der Waals surface area contributed by atoms with Gasteiger partial charge in [-0.1, -0.05) is 15.9 Å². The number of ether oxygens (including phenoxy) is 1. The highest BCUT2D eigenvalue weighted by Crippen LogP contribution is 2.33. The molecule has 2 aliphatic heterocycles. The Hall–Kier alpha value is -1.99. The van der Waals surface area contributed by atoms with Gasteiger partial charge in [0.05, 0.1) is 36.1 Å². The predicted octanol–water partition coefficient (Wildman–Crippen LogP) is 3.28. The summed E-state index contributed by atoms with van der Waals surface area (Å²) in [5.41, 5.74) is 4.33. The summed E-state index contributed by atoms with van der Waals surface area (Å²) in [6.45, 7) is 3.57. The van der Waals surface area contributed by atoms with E-state index in [9.17, 15) is 0 Å². The standard InChI is InChI=1S/C18H18BrN5O/c1-11-16-9-24-18(21-17(22-24)8-13-3-2-6-25-13)14-7-12(19)4-5-15(14)23(16)10-20-11/h4-5,7,10,13H,2-3,6,8-9H2,1H3. The van der Waals surface area contributed by atoms with Crippen molar-refractivity contribution in [2.45, 2.75) is 38.8 Å². The van der Waals surface area contributed by atoms with E-state index in [1.165, 1.54) is 0 Å². The lowest BCUT2D eigenvalue weighted by molar-refractivity contribution is 0.110. The van der Waals surface area contributed by atoms with Gasteiger partial charge >= 0.3 is 0 Å². The summed E-state index contributed by atoms with van der Waals surface area (Å²) in [5, 5.41) is 4.79. The third-order valence-electron chi connectivity index (χ3n) is 4.98. The van der Waals surface area contributed by atoms with Gasteiger partial charge in [-0.25, -0.2) is 14.6 Å². The minimum absolute atomic E-state index is 0.251. The quantitative estimate of drug-likeness (QED) is 0.518. The number of aromatic nitrogens is 5. The van der Waals surface area contributed by atoms with Crippen molar-refractivity contribution in [3.63, 3.8) is 0 Å². The van der Waals surface area contributed by atoms with Crippen molar-refractivity contribution in [1.29, 1.82) is 0 Å². The molecule has 25 heavy (non-hydrogen) atoms. The number of nitrogens with zero attached hydrogens (tertiary/aromatic N) is 5. The molecule has 2 aromatic heterocycles. The van der Waals surface area contributed by atoms with E-state index < -0.39 is 0 Å². The first kappa shape index (κ1) is 15.3. The molecule has 0 bridgehead atoms. The summed E-state index contributed by atoms with van der Waals surface area (Å²) >= 11 is 3.59. The van der Waals surface area contributed by atoms with E-state index >= 15 is 0 Å². The number of fused-ring (bicyclic) bond motifs is 5. The van der Waals surface area contributed by atoms with Gasteiger partial charge in [0.25, 0.3) is 0 Å². The number of hydrogen-bond acceptors (Lipinski definition) is 4. The molecular formula is C18H18BrN5O. The zero-order valence-corrected chi connectivity index (χ0v) is 15.5. The lowest BCUT2D eigenvalue weighted by atomic mass is 10.1. The highest BCUT2D eigenvalue weighted by atomic mass is 79.9. The SMILES string of the molecule is Cc1ncn2c1Cn1nc(CC3CCCO3)nc1-c1cc(Br)ccc1-2. The maximum Gasteiger partial charge on any atom is 0.160 e. The molecule has 5 rings (SSSR count). The zero-order valence-electron chi connectivity index (χ0n) is 13.9. The first-order chi connectivity index (χ1) is 12.2. The topological polar surface area (TPSA) is 57.8 Å². The molecule has 0 spiro atoms. The summed E-state index contributed by atoms with van der Waals surface area (Å²) in [6.07, 6.45) is 5.14.